The van der Waals surface area contributed by atoms with Gasteiger partial charge in [-0.3, -0.25) is 0 Å². The van der Waals surface area contributed by atoms with Crippen LogP contribution < -0.4 is 4.90 Å². The maximum Gasteiger partial charge on any atom is 0.148 e. The van der Waals surface area contributed by atoms with Crippen molar-refractivity contribution in [2.24, 2.45) is 0 Å². The van der Waals surface area contributed by atoms with Crippen molar-refractivity contribution < 1.29 is 0 Å². The summed E-state index contributed by atoms with van der Waals surface area (Å²) in [7, 11) is 0. The fourth-order valence-electron chi connectivity index (χ4n) is 2.54. The van der Waals surface area contributed by atoms with E-state index in [9.17, 15) is 10.5 Å². The lowest BCUT2D eigenvalue weighted by Gasteiger charge is -2.23. The summed E-state index contributed by atoms with van der Waals surface area (Å²) >= 11 is 0. The summed E-state index contributed by atoms with van der Waals surface area (Å²) in [5, 5.41) is 19.0. The van der Waals surface area contributed by atoms with E-state index < -0.39 is 0 Å². The molecule has 0 bridgehead atoms. The highest BCUT2D eigenvalue weighted by Gasteiger charge is 2.20. The van der Waals surface area contributed by atoms with Crippen molar-refractivity contribution in [2.45, 2.75) is 20.8 Å². The molecule has 4 nitrogen and oxygen atoms in total. The van der Waals surface area contributed by atoms with Gasteiger partial charge in [0.1, 0.15) is 23.5 Å². The molecule has 0 atom stereocenters. The van der Waals surface area contributed by atoms with Gasteiger partial charge in [-0.2, -0.15) is 10.5 Å². The summed E-state index contributed by atoms with van der Waals surface area (Å²) in [4.78, 5) is 6.72. The Bertz CT molecular complexity index is 747. The zero-order valence-corrected chi connectivity index (χ0v) is 13.1. The molecule has 0 saturated heterocycles. The third kappa shape index (κ3) is 2.64. The fraction of sp³-hybridized carbons (Fsp3) is 0.278. The van der Waals surface area contributed by atoms with Gasteiger partial charge in [0.05, 0.1) is 11.3 Å². The predicted molar refractivity (Wildman–Crippen MR) is 87.4 cm³/mol. The molecule has 1 aromatic carbocycles. The number of hydrogen-bond acceptors (Lipinski definition) is 4. The maximum absolute atomic E-state index is 9.51. The van der Waals surface area contributed by atoms with Gasteiger partial charge in [0.25, 0.3) is 0 Å². The standard InChI is InChI=1S/C18H18N4/c1-4-22(5-2)18-16(12-20)15(11-19)13(3)17(21-18)14-9-7-6-8-10-14/h6-10H,4-5H2,1-3H3. The van der Waals surface area contributed by atoms with Crippen LogP contribution in [0.5, 0.6) is 0 Å². The lowest BCUT2D eigenvalue weighted by molar-refractivity contribution is 0.843. The largest absolute Gasteiger partial charge is 0.356 e. The molecule has 0 aliphatic heterocycles. The first-order chi connectivity index (χ1) is 10.7. The summed E-state index contributed by atoms with van der Waals surface area (Å²) < 4.78 is 0. The van der Waals surface area contributed by atoms with Crippen molar-refractivity contribution in [3.8, 4) is 23.4 Å². The van der Waals surface area contributed by atoms with Gasteiger partial charge in [-0.25, -0.2) is 4.98 Å². The molecule has 0 amide bonds. The van der Waals surface area contributed by atoms with Gasteiger partial charge in [-0.1, -0.05) is 30.3 Å². The molecule has 110 valence electrons. The average molecular weight is 290 g/mol. The second-order valence-corrected chi connectivity index (χ2v) is 4.92. The normalized spacial score (nSPS) is 9.86. The van der Waals surface area contributed by atoms with E-state index in [4.69, 9.17) is 4.98 Å². The Hall–Kier alpha value is -2.85. The summed E-state index contributed by atoms with van der Waals surface area (Å²) in [6.07, 6.45) is 0. The van der Waals surface area contributed by atoms with Crippen molar-refractivity contribution in [3.63, 3.8) is 0 Å². The van der Waals surface area contributed by atoms with E-state index in [0.29, 0.717) is 16.9 Å². The van der Waals surface area contributed by atoms with Gasteiger partial charge in [-0.05, 0) is 26.3 Å². The molecule has 0 radical (unpaired) electrons. The van der Waals surface area contributed by atoms with Gasteiger partial charge >= 0.3 is 0 Å². The monoisotopic (exact) mass is 290 g/mol. The fourth-order valence-corrected chi connectivity index (χ4v) is 2.54. The second-order valence-electron chi connectivity index (χ2n) is 4.92. The summed E-state index contributed by atoms with van der Waals surface area (Å²) in [6, 6.07) is 14.1. The van der Waals surface area contributed by atoms with Crippen LogP contribution >= 0.6 is 0 Å². The highest BCUT2D eigenvalue weighted by molar-refractivity contribution is 5.74. The van der Waals surface area contributed by atoms with Crippen LogP contribution in [0.25, 0.3) is 11.3 Å². The van der Waals surface area contributed by atoms with Crippen LogP contribution in [-0.4, -0.2) is 18.1 Å². The van der Waals surface area contributed by atoms with Crippen molar-refractivity contribution in [1.82, 2.24) is 4.98 Å². The lowest BCUT2D eigenvalue weighted by atomic mass is 9.98. The topological polar surface area (TPSA) is 63.7 Å². The minimum atomic E-state index is 0.364. The van der Waals surface area contributed by atoms with E-state index in [-0.39, 0.29) is 0 Å². The summed E-state index contributed by atoms with van der Waals surface area (Å²) in [6.45, 7) is 7.35. The van der Waals surface area contributed by atoms with Crippen LogP contribution in [-0.2, 0) is 0 Å². The number of anilines is 1. The molecule has 1 heterocycles. The predicted octanol–water partition coefficient (Wildman–Crippen LogP) is 3.65. The highest BCUT2D eigenvalue weighted by atomic mass is 15.2. The Morgan fingerprint density at radius 3 is 2.09 bits per heavy atom. The third-order valence-electron chi connectivity index (χ3n) is 3.76. The Balaban J connectivity index is 2.80. The molecule has 2 rings (SSSR count). The smallest absolute Gasteiger partial charge is 0.148 e. The summed E-state index contributed by atoms with van der Waals surface area (Å²) in [5.41, 5.74) is 3.25. The van der Waals surface area contributed by atoms with Crippen molar-refractivity contribution in [2.75, 3.05) is 18.0 Å². The van der Waals surface area contributed by atoms with E-state index in [2.05, 4.69) is 12.1 Å². The highest BCUT2D eigenvalue weighted by Crippen LogP contribution is 2.31. The van der Waals surface area contributed by atoms with Gasteiger partial charge in [0, 0.05) is 18.7 Å². The van der Waals surface area contributed by atoms with Crippen LogP contribution in [0, 0.1) is 29.6 Å². The first-order valence-electron chi connectivity index (χ1n) is 7.33. The van der Waals surface area contributed by atoms with Crippen molar-refractivity contribution in [1.29, 1.82) is 10.5 Å². The molecular weight excluding hydrogens is 272 g/mol. The average Bonchev–Trinajstić information content (AvgIpc) is 2.57. The first kappa shape index (κ1) is 15.5. The molecule has 2 aromatic rings. The zero-order chi connectivity index (χ0) is 16.1. The molecule has 0 N–H and O–H groups in total. The SMILES string of the molecule is CCN(CC)c1nc(-c2ccccc2)c(C)c(C#N)c1C#N. The number of hydrogen-bond donors (Lipinski definition) is 0. The van der Waals surface area contributed by atoms with Crippen LogP contribution in [0.2, 0.25) is 0 Å². The van der Waals surface area contributed by atoms with Crippen molar-refractivity contribution >= 4 is 5.82 Å². The number of nitrogens with zero attached hydrogens (tertiary/aromatic N) is 4. The van der Waals surface area contributed by atoms with Crippen LogP contribution in [0.1, 0.15) is 30.5 Å². The van der Waals surface area contributed by atoms with Gasteiger partial charge in [-0.15, -0.1) is 0 Å². The summed E-state index contributed by atoms with van der Waals surface area (Å²) in [5.74, 6) is 0.591. The molecule has 0 unspecified atom stereocenters. The van der Waals surface area contributed by atoms with E-state index in [1.165, 1.54) is 0 Å². The van der Waals surface area contributed by atoms with Crippen LogP contribution in [0.3, 0.4) is 0 Å². The molecular formula is C18H18N4. The van der Waals surface area contributed by atoms with Crippen LogP contribution in [0.4, 0.5) is 5.82 Å². The number of rotatable bonds is 4. The van der Waals surface area contributed by atoms with Crippen molar-refractivity contribution in [3.05, 3.63) is 47.0 Å². The minimum absolute atomic E-state index is 0.364. The molecule has 4 heteroatoms. The second kappa shape index (κ2) is 6.74. The molecule has 0 fully saturated rings. The number of nitriles is 2. The maximum atomic E-state index is 9.51. The molecule has 22 heavy (non-hydrogen) atoms. The first-order valence-corrected chi connectivity index (χ1v) is 7.33. The van der Waals surface area contributed by atoms with E-state index in [1.54, 1.807) is 0 Å². The molecule has 0 spiro atoms. The van der Waals surface area contributed by atoms with E-state index >= 15 is 0 Å². The Kier molecular flexibility index (Phi) is 4.76. The number of aromatic nitrogens is 1. The molecule has 0 aliphatic carbocycles. The minimum Gasteiger partial charge on any atom is -0.356 e. The quantitative estimate of drug-likeness (QED) is 0.862. The Labute approximate surface area is 131 Å². The third-order valence-corrected chi connectivity index (χ3v) is 3.76. The van der Waals surface area contributed by atoms with E-state index in [1.807, 2.05) is 56.0 Å². The zero-order valence-electron chi connectivity index (χ0n) is 13.1. The Morgan fingerprint density at radius 1 is 1.00 bits per heavy atom. The molecule has 1 aromatic heterocycles. The van der Waals surface area contributed by atoms with Gasteiger partial charge in [0.15, 0.2) is 0 Å². The van der Waals surface area contributed by atoms with Crippen LogP contribution in [0.15, 0.2) is 30.3 Å². The lowest BCUT2D eigenvalue weighted by Crippen LogP contribution is -2.25. The Morgan fingerprint density at radius 2 is 1.59 bits per heavy atom. The molecule has 0 saturated carbocycles. The van der Waals surface area contributed by atoms with E-state index in [0.717, 1.165) is 29.9 Å². The molecule has 0 aliphatic rings. The number of pyridine rings is 1. The van der Waals surface area contributed by atoms with Gasteiger partial charge < -0.3 is 4.90 Å². The number of benzene rings is 1. The van der Waals surface area contributed by atoms with Gasteiger partial charge in [0.2, 0.25) is 0 Å².